The topological polar surface area (TPSA) is 75.0 Å². The maximum atomic E-state index is 12.0. The molecule has 0 aliphatic rings. The number of aromatic nitrogens is 1. The normalized spacial score (nSPS) is 10.3. The van der Waals surface area contributed by atoms with E-state index in [-0.39, 0.29) is 12.3 Å². The van der Waals surface area contributed by atoms with E-state index in [0.29, 0.717) is 17.0 Å². The van der Waals surface area contributed by atoms with E-state index in [1.807, 2.05) is 6.07 Å². The van der Waals surface area contributed by atoms with Crippen LogP contribution in [0.3, 0.4) is 0 Å². The highest BCUT2D eigenvalue weighted by Gasteiger charge is 2.13. The summed E-state index contributed by atoms with van der Waals surface area (Å²) in [5.74, 6) is 0.137. The molecule has 0 aliphatic carbocycles. The number of esters is 1. The van der Waals surface area contributed by atoms with Crippen LogP contribution in [0.2, 0.25) is 0 Å². The zero-order valence-electron chi connectivity index (χ0n) is 13.2. The lowest BCUT2D eigenvalue weighted by molar-refractivity contribution is 0.0466. The molecule has 23 heavy (non-hydrogen) atoms. The maximum Gasteiger partial charge on any atom is 0.358 e. The van der Waals surface area contributed by atoms with E-state index in [4.69, 9.17) is 10.00 Å². The highest BCUT2D eigenvalue weighted by Crippen LogP contribution is 2.17. The number of hydrogen-bond acceptors (Lipinski definition) is 6. The molecule has 120 valence electrons. The molecule has 0 saturated heterocycles. The predicted octanol–water partition coefficient (Wildman–Crippen LogP) is 3.83. The number of nitrogens with one attached hydrogen (secondary N) is 1. The van der Waals surface area contributed by atoms with E-state index < -0.39 is 5.97 Å². The molecule has 0 atom stereocenters. The van der Waals surface area contributed by atoms with Crippen molar-refractivity contribution in [2.24, 2.45) is 5.92 Å². The lowest BCUT2D eigenvalue weighted by Crippen LogP contribution is -2.08. The van der Waals surface area contributed by atoms with Crippen molar-refractivity contribution >= 4 is 22.4 Å². The Morgan fingerprint density at radius 2 is 2.22 bits per heavy atom. The summed E-state index contributed by atoms with van der Waals surface area (Å²) in [5.41, 5.74) is 1.49. The number of anilines is 1. The molecule has 0 radical (unpaired) electrons. The van der Waals surface area contributed by atoms with Gasteiger partial charge in [-0.2, -0.15) is 5.26 Å². The second-order valence-electron chi connectivity index (χ2n) is 5.49. The number of hydrogen-bond donors (Lipinski definition) is 1. The van der Waals surface area contributed by atoms with Crippen LogP contribution < -0.4 is 5.32 Å². The quantitative estimate of drug-likeness (QED) is 0.781. The molecule has 0 aliphatic heterocycles. The Bertz CT molecular complexity index is 704. The Morgan fingerprint density at radius 3 is 2.96 bits per heavy atom. The minimum absolute atomic E-state index is 0.0657. The molecular weight excluding hydrogens is 310 g/mol. The number of carbonyl (C=O) groups excluding carboxylic acids is 1. The molecule has 0 spiro atoms. The molecular formula is C17H19N3O2S. The van der Waals surface area contributed by atoms with E-state index in [9.17, 15) is 4.79 Å². The molecule has 2 rings (SSSR count). The summed E-state index contributed by atoms with van der Waals surface area (Å²) in [6.45, 7) is 5.21. The predicted molar refractivity (Wildman–Crippen MR) is 90.3 cm³/mol. The fraction of sp³-hybridized carbons (Fsp3) is 0.353. The van der Waals surface area contributed by atoms with Gasteiger partial charge in [0.1, 0.15) is 6.61 Å². The van der Waals surface area contributed by atoms with Gasteiger partial charge in [-0.05, 0) is 18.4 Å². The second-order valence-corrected chi connectivity index (χ2v) is 6.35. The van der Waals surface area contributed by atoms with Gasteiger partial charge in [-0.1, -0.05) is 32.0 Å². The first kappa shape index (κ1) is 17.0. The van der Waals surface area contributed by atoms with Gasteiger partial charge in [-0.3, -0.25) is 0 Å². The van der Waals surface area contributed by atoms with Crippen molar-refractivity contribution in [1.82, 2.24) is 4.98 Å². The zero-order chi connectivity index (χ0) is 16.7. The van der Waals surface area contributed by atoms with Crippen molar-refractivity contribution < 1.29 is 9.53 Å². The largest absolute Gasteiger partial charge is 0.456 e. The third kappa shape index (κ3) is 5.08. The SMILES string of the molecule is CC(C)CCNc1nc(C(=O)OCc2ccccc2C#N)cs1. The number of nitriles is 1. The van der Waals surface area contributed by atoms with Crippen molar-refractivity contribution in [2.75, 3.05) is 11.9 Å². The van der Waals surface area contributed by atoms with Crippen LogP contribution in [0.1, 0.15) is 41.9 Å². The summed E-state index contributed by atoms with van der Waals surface area (Å²) >= 11 is 1.38. The first-order valence-electron chi connectivity index (χ1n) is 7.44. The van der Waals surface area contributed by atoms with Crippen LogP contribution in [-0.4, -0.2) is 17.5 Å². The van der Waals surface area contributed by atoms with Crippen LogP contribution in [0, 0.1) is 17.2 Å². The average molecular weight is 329 g/mol. The Hall–Kier alpha value is -2.39. The number of thiazole rings is 1. The van der Waals surface area contributed by atoms with E-state index in [0.717, 1.165) is 18.1 Å². The molecule has 0 unspecified atom stereocenters. The van der Waals surface area contributed by atoms with Crippen molar-refractivity contribution in [2.45, 2.75) is 26.9 Å². The standard InChI is InChI=1S/C17H19N3O2S/c1-12(2)7-8-19-17-20-15(11-23-17)16(21)22-10-14-6-4-3-5-13(14)9-18/h3-6,11-12H,7-8,10H2,1-2H3,(H,19,20). The van der Waals surface area contributed by atoms with Gasteiger partial charge < -0.3 is 10.1 Å². The van der Waals surface area contributed by atoms with Gasteiger partial charge in [0.05, 0.1) is 11.6 Å². The number of carbonyl (C=O) groups is 1. The summed E-state index contributed by atoms with van der Waals surface area (Å²) in [7, 11) is 0. The zero-order valence-corrected chi connectivity index (χ0v) is 14.0. The van der Waals surface area contributed by atoms with Crippen LogP contribution in [0.4, 0.5) is 5.13 Å². The Morgan fingerprint density at radius 1 is 1.43 bits per heavy atom. The van der Waals surface area contributed by atoms with Gasteiger partial charge >= 0.3 is 5.97 Å². The van der Waals surface area contributed by atoms with E-state index in [1.54, 1.807) is 23.6 Å². The Labute approximate surface area is 139 Å². The van der Waals surface area contributed by atoms with E-state index in [1.165, 1.54) is 11.3 Å². The number of rotatable bonds is 7. The van der Waals surface area contributed by atoms with Crippen molar-refractivity contribution in [3.8, 4) is 6.07 Å². The van der Waals surface area contributed by atoms with Gasteiger partial charge in [-0.15, -0.1) is 11.3 Å². The number of benzene rings is 1. The third-order valence-corrected chi connectivity index (χ3v) is 4.01. The summed E-state index contributed by atoms with van der Waals surface area (Å²) in [5, 5.41) is 14.6. The lowest BCUT2D eigenvalue weighted by atomic mass is 10.1. The van der Waals surface area contributed by atoms with Crippen LogP contribution in [0.25, 0.3) is 0 Å². The highest BCUT2D eigenvalue weighted by molar-refractivity contribution is 7.13. The Balaban J connectivity index is 1.89. The second kappa shape index (κ2) is 8.30. The van der Waals surface area contributed by atoms with E-state index in [2.05, 4.69) is 30.2 Å². The monoisotopic (exact) mass is 329 g/mol. The van der Waals surface area contributed by atoms with E-state index >= 15 is 0 Å². The maximum absolute atomic E-state index is 12.0. The van der Waals surface area contributed by atoms with Crippen LogP contribution >= 0.6 is 11.3 Å². The fourth-order valence-corrected chi connectivity index (χ4v) is 2.60. The molecule has 1 heterocycles. The van der Waals surface area contributed by atoms with Gasteiger partial charge in [-0.25, -0.2) is 9.78 Å². The smallest absolute Gasteiger partial charge is 0.358 e. The van der Waals surface area contributed by atoms with Crippen LogP contribution in [0.15, 0.2) is 29.6 Å². The lowest BCUT2D eigenvalue weighted by Gasteiger charge is -2.05. The van der Waals surface area contributed by atoms with Gasteiger partial charge in [0.2, 0.25) is 0 Å². The fourth-order valence-electron chi connectivity index (χ4n) is 1.89. The average Bonchev–Trinajstić information content (AvgIpc) is 3.01. The number of nitrogens with zero attached hydrogens (tertiary/aromatic N) is 2. The minimum Gasteiger partial charge on any atom is -0.456 e. The number of ether oxygens (including phenoxy) is 1. The molecule has 5 nitrogen and oxygen atoms in total. The van der Waals surface area contributed by atoms with Crippen LogP contribution in [-0.2, 0) is 11.3 Å². The summed E-state index contributed by atoms with van der Waals surface area (Å²) in [4.78, 5) is 16.3. The van der Waals surface area contributed by atoms with Gasteiger partial charge in [0.15, 0.2) is 10.8 Å². The summed E-state index contributed by atoms with van der Waals surface area (Å²) < 4.78 is 5.24. The molecule has 1 N–H and O–H groups in total. The van der Waals surface area contributed by atoms with Crippen LogP contribution in [0.5, 0.6) is 0 Å². The summed E-state index contributed by atoms with van der Waals surface area (Å²) in [6.07, 6.45) is 1.05. The molecule has 0 fully saturated rings. The summed E-state index contributed by atoms with van der Waals surface area (Å²) in [6, 6.07) is 9.13. The first-order valence-corrected chi connectivity index (χ1v) is 8.32. The van der Waals surface area contributed by atoms with Gasteiger partial charge in [0.25, 0.3) is 0 Å². The molecule has 2 aromatic rings. The van der Waals surface area contributed by atoms with Gasteiger partial charge in [0, 0.05) is 17.5 Å². The van der Waals surface area contributed by atoms with Crippen molar-refractivity contribution in [3.05, 3.63) is 46.5 Å². The van der Waals surface area contributed by atoms with Crippen molar-refractivity contribution in [1.29, 1.82) is 5.26 Å². The third-order valence-electron chi connectivity index (χ3n) is 3.21. The molecule has 1 aromatic carbocycles. The minimum atomic E-state index is -0.481. The first-order chi connectivity index (χ1) is 11.1. The van der Waals surface area contributed by atoms with Crippen molar-refractivity contribution in [3.63, 3.8) is 0 Å². The molecule has 0 bridgehead atoms. The molecule has 0 saturated carbocycles. The molecule has 6 heteroatoms. The molecule has 0 amide bonds. The Kier molecular flexibility index (Phi) is 6.12. The molecule has 1 aromatic heterocycles. The highest BCUT2D eigenvalue weighted by atomic mass is 32.1.